The largest absolute Gasteiger partial charge is 0.464 e. The average molecular weight is 359 g/mol. The first-order valence-electron chi connectivity index (χ1n) is 8.36. The second kappa shape index (κ2) is 7.23. The third kappa shape index (κ3) is 5.37. The highest BCUT2D eigenvalue weighted by atomic mass is 16.6. The number of carbonyl (C=O) groups is 2. The first-order valence-corrected chi connectivity index (χ1v) is 8.36. The summed E-state index contributed by atoms with van der Waals surface area (Å²) < 4.78 is 16.1. The summed E-state index contributed by atoms with van der Waals surface area (Å²) in [6.07, 6.45) is -0.00767. The third-order valence-electron chi connectivity index (χ3n) is 3.08. The minimum atomic E-state index is -0.794. The maximum atomic E-state index is 12.6. The van der Waals surface area contributed by atoms with E-state index in [1.165, 1.54) is 0 Å². The zero-order valence-electron chi connectivity index (χ0n) is 16.0. The molecule has 0 atom stereocenters. The number of benzene rings is 1. The summed E-state index contributed by atoms with van der Waals surface area (Å²) in [6, 6.07) is 10.4. The van der Waals surface area contributed by atoms with Gasteiger partial charge in [-0.05, 0) is 77.9 Å². The van der Waals surface area contributed by atoms with Crippen LogP contribution < -0.4 is 4.90 Å². The van der Waals surface area contributed by atoms with Crippen molar-refractivity contribution in [3.63, 3.8) is 0 Å². The summed E-state index contributed by atoms with van der Waals surface area (Å²) in [5.74, 6) is 0.692. The van der Waals surface area contributed by atoms with Crippen LogP contribution in [-0.2, 0) is 9.47 Å². The lowest BCUT2D eigenvalue weighted by atomic mass is 10.1. The summed E-state index contributed by atoms with van der Waals surface area (Å²) in [5.41, 5.74) is -0.312. The zero-order chi connectivity index (χ0) is 19.5. The zero-order valence-corrected chi connectivity index (χ0v) is 16.0. The van der Waals surface area contributed by atoms with Gasteiger partial charge in [0.2, 0.25) is 0 Å². The molecule has 1 heterocycles. The molecule has 0 fully saturated rings. The molecule has 2 rings (SSSR count). The molecule has 1 aromatic heterocycles. The van der Waals surface area contributed by atoms with Crippen molar-refractivity contribution in [1.29, 1.82) is 0 Å². The number of carbonyl (C=O) groups excluding carboxylic acids is 2. The topological polar surface area (TPSA) is 69.0 Å². The molecular formula is C20H25NO5. The molecule has 26 heavy (non-hydrogen) atoms. The van der Waals surface area contributed by atoms with E-state index in [1.54, 1.807) is 78.1 Å². The number of hydrogen-bond acceptors (Lipinski definition) is 5. The SMILES string of the molecule is CC(C)(C)OC(=O)N(C(=O)OC(C)(C)C)c1ccc(-c2ccco2)cc1. The Balaban J connectivity index is 2.33. The van der Waals surface area contributed by atoms with Crippen LogP contribution >= 0.6 is 0 Å². The molecule has 6 heteroatoms. The Morgan fingerprint density at radius 3 is 1.73 bits per heavy atom. The predicted molar refractivity (Wildman–Crippen MR) is 99.1 cm³/mol. The Morgan fingerprint density at radius 2 is 1.35 bits per heavy atom. The van der Waals surface area contributed by atoms with Gasteiger partial charge in [0.15, 0.2) is 0 Å². The minimum Gasteiger partial charge on any atom is -0.464 e. The number of amides is 2. The van der Waals surface area contributed by atoms with Crippen LogP contribution in [0.3, 0.4) is 0 Å². The van der Waals surface area contributed by atoms with E-state index in [2.05, 4.69) is 0 Å². The van der Waals surface area contributed by atoms with Crippen molar-refractivity contribution < 1.29 is 23.5 Å². The van der Waals surface area contributed by atoms with Crippen molar-refractivity contribution >= 4 is 17.9 Å². The molecule has 0 saturated heterocycles. The first-order chi connectivity index (χ1) is 12.0. The standard InChI is InChI=1S/C20H25NO5/c1-19(2,3)25-17(22)21(18(23)26-20(4,5)6)15-11-9-14(10-12-15)16-8-7-13-24-16/h7-13H,1-6H3. The van der Waals surface area contributed by atoms with Gasteiger partial charge in [-0.3, -0.25) is 0 Å². The van der Waals surface area contributed by atoms with Crippen LogP contribution in [0, 0.1) is 0 Å². The minimum absolute atomic E-state index is 0.351. The molecule has 140 valence electrons. The molecule has 0 N–H and O–H groups in total. The number of rotatable bonds is 2. The smallest absolute Gasteiger partial charge is 0.424 e. The van der Waals surface area contributed by atoms with E-state index in [9.17, 15) is 9.59 Å². The third-order valence-corrected chi connectivity index (χ3v) is 3.08. The maximum absolute atomic E-state index is 12.6. The average Bonchev–Trinajstić information content (AvgIpc) is 2.98. The van der Waals surface area contributed by atoms with Gasteiger partial charge >= 0.3 is 12.2 Å². The lowest BCUT2D eigenvalue weighted by Crippen LogP contribution is -2.43. The monoisotopic (exact) mass is 359 g/mol. The number of imide groups is 1. The Morgan fingerprint density at radius 1 is 0.846 bits per heavy atom. The van der Waals surface area contributed by atoms with Crippen molar-refractivity contribution in [2.45, 2.75) is 52.7 Å². The van der Waals surface area contributed by atoms with E-state index in [4.69, 9.17) is 13.9 Å². The van der Waals surface area contributed by atoms with Crippen molar-refractivity contribution in [2.24, 2.45) is 0 Å². The van der Waals surface area contributed by atoms with Gasteiger partial charge < -0.3 is 13.9 Å². The molecule has 0 radical (unpaired) electrons. The maximum Gasteiger partial charge on any atom is 0.424 e. The summed E-state index contributed by atoms with van der Waals surface area (Å²) in [5, 5.41) is 0. The number of anilines is 1. The van der Waals surface area contributed by atoms with Gasteiger partial charge in [0.25, 0.3) is 0 Å². The molecule has 2 amide bonds. The van der Waals surface area contributed by atoms with Crippen LogP contribution in [0.1, 0.15) is 41.5 Å². The first kappa shape index (κ1) is 19.6. The summed E-state index contributed by atoms with van der Waals surface area (Å²) in [7, 11) is 0. The molecular weight excluding hydrogens is 334 g/mol. The van der Waals surface area contributed by atoms with Gasteiger partial charge in [-0.15, -0.1) is 0 Å². The lowest BCUT2D eigenvalue weighted by Gasteiger charge is -2.28. The molecule has 0 aliphatic carbocycles. The van der Waals surface area contributed by atoms with Gasteiger partial charge in [0.05, 0.1) is 12.0 Å². The van der Waals surface area contributed by atoms with Gasteiger partial charge in [-0.25, -0.2) is 9.59 Å². The number of hydrogen-bond donors (Lipinski definition) is 0. The Labute approximate surface area is 153 Å². The Kier molecular flexibility index (Phi) is 5.44. The predicted octanol–water partition coefficient (Wildman–Crippen LogP) is 5.62. The molecule has 0 aliphatic rings. The Bertz CT molecular complexity index is 721. The van der Waals surface area contributed by atoms with Crippen LogP contribution in [0.4, 0.5) is 15.3 Å². The molecule has 1 aromatic carbocycles. The van der Waals surface area contributed by atoms with Gasteiger partial charge in [0.1, 0.15) is 17.0 Å². The highest BCUT2D eigenvalue weighted by Crippen LogP contribution is 2.26. The fraction of sp³-hybridized carbons (Fsp3) is 0.400. The normalized spacial score (nSPS) is 11.8. The molecule has 0 aliphatic heterocycles. The van der Waals surface area contributed by atoms with E-state index in [0.717, 1.165) is 10.5 Å². The molecule has 0 spiro atoms. The highest BCUT2D eigenvalue weighted by molar-refractivity contribution is 6.09. The van der Waals surface area contributed by atoms with E-state index >= 15 is 0 Å². The van der Waals surface area contributed by atoms with Crippen LogP contribution in [0.15, 0.2) is 47.1 Å². The van der Waals surface area contributed by atoms with Crippen LogP contribution in [0.5, 0.6) is 0 Å². The van der Waals surface area contributed by atoms with Crippen molar-refractivity contribution in [1.82, 2.24) is 0 Å². The van der Waals surface area contributed by atoms with E-state index in [-0.39, 0.29) is 0 Å². The highest BCUT2D eigenvalue weighted by Gasteiger charge is 2.32. The number of nitrogens with zero attached hydrogens (tertiary/aromatic N) is 1. The second-order valence-corrected chi connectivity index (χ2v) is 7.82. The molecule has 0 unspecified atom stereocenters. The molecule has 0 bridgehead atoms. The van der Waals surface area contributed by atoms with Gasteiger partial charge in [-0.1, -0.05) is 0 Å². The Hall–Kier alpha value is -2.76. The van der Waals surface area contributed by atoms with Gasteiger partial charge in [0, 0.05) is 5.56 Å². The van der Waals surface area contributed by atoms with Crippen molar-refractivity contribution in [3.05, 3.63) is 42.7 Å². The van der Waals surface area contributed by atoms with Crippen molar-refractivity contribution in [2.75, 3.05) is 4.90 Å². The van der Waals surface area contributed by atoms with E-state index < -0.39 is 23.4 Å². The fourth-order valence-corrected chi connectivity index (χ4v) is 2.12. The van der Waals surface area contributed by atoms with Crippen LogP contribution in [-0.4, -0.2) is 23.4 Å². The fourth-order valence-electron chi connectivity index (χ4n) is 2.12. The molecule has 2 aromatic rings. The quantitative estimate of drug-likeness (QED) is 0.696. The summed E-state index contributed by atoms with van der Waals surface area (Å²) in [6.45, 7) is 10.4. The van der Waals surface area contributed by atoms with E-state index in [1.807, 2.05) is 6.07 Å². The summed E-state index contributed by atoms with van der Waals surface area (Å²) in [4.78, 5) is 26.1. The van der Waals surface area contributed by atoms with Gasteiger partial charge in [-0.2, -0.15) is 4.90 Å². The summed E-state index contributed by atoms with van der Waals surface area (Å²) >= 11 is 0. The lowest BCUT2D eigenvalue weighted by molar-refractivity contribution is 0.0431. The number of furan rings is 1. The van der Waals surface area contributed by atoms with Crippen LogP contribution in [0.2, 0.25) is 0 Å². The second-order valence-electron chi connectivity index (χ2n) is 7.82. The van der Waals surface area contributed by atoms with Crippen molar-refractivity contribution in [3.8, 4) is 11.3 Å². The van der Waals surface area contributed by atoms with Crippen LogP contribution in [0.25, 0.3) is 11.3 Å². The molecule has 0 saturated carbocycles. The van der Waals surface area contributed by atoms with E-state index in [0.29, 0.717) is 11.4 Å². The number of ether oxygens (including phenoxy) is 2. The molecule has 6 nitrogen and oxygen atoms in total.